The number of anilines is 1. The number of piperidine rings is 1. The van der Waals surface area contributed by atoms with Gasteiger partial charge >= 0.3 is 0 Å². The summed E-state index contributed by atoms with van der Waals surface area (Å²) < 4.78 is 10.7. The Balaban J connectivity index is 1.50. The van der Waals surface area contributed by atoms with Crippen molar-refractivity contribution in [1.29, 1.82) is 0 Å². The normalized spacial score (nSPS) is 14.0. The summed E-state index contributed by atoms with van der Waals surface area (Å²) in [6.45, 7) is 2.23. The van der Waals surface area contributed by atoms with Crippen LogP contribution in [0.15, 0.2) is 36.5 Å². The molecule has 1 saturated heterocycles. The van der Waals surface area contributed by atoms with Gasteiger partial charge in [0.05, 0.1) is 13.7 Å². The largest absolute Gasteiger partial charge is 0.493 e. The van der Waals surface area contributed by atoms with E-state index in [-0.39, 0.29) is 19.1 Å². The zero-order chi connectivity index (χ0) is 18.2. The van der Waals surface area contributed by atoms with Gasteiger partial charge in [-0.15, -0.1) is 0 Å². The first kappa shape index (κ1) is 18.0. The summed E-state index contributed by atoms with van der Waals surface area (Å²) in [5.41, 5.74) is 0. The minimum Gasteiger partial charge on any atom is -0.493 e. The van der Waals surface area contributed by atoms with E-state index in [0.29, 0.717) is 17.3 Å². The molecule has 1 amide bonds. The molecule has 3 rings (SSSR count). The molecular formula is C19H24N4O3. The minimum absolute atomic E-state index is 0.0911. The number of carbonyl (C=O) groups excluding carboxylic acids is 1. The summed E-state index contributed by atoms with van der Waals surface area (Å²) in [5, 5.41) is 2.79. The first-order valence-corrected chi connectivity index (χ1v) is 8.85. The van der Waals surface area contributed by atoms with Crippen molar-refractivity contribution >= 4 is 11.7 Å². The third-order valence-corrected chi connectivity index (χ3v) is 4.24. The van der Waals surface area contributed by atoms with Crippen molar-refractivity contribution in [3.05, 3.63) is 42.4 Å². The Morgan fingerprint density at radius 2 is 1.92 bits per heavy atom. The lowest BCUT2D eigenvalue weighted by Gasteiger charge is -2.27. The molecule has 1 aromatic heterocycles. The van der Waals surface area contributed by atoms with Gasteiger partial charge in [-0.3, -0.25) is 4.79 Å². The van der Waals surface area contributed by atoms with Gasteiger partial charge in [0.2, 0.25) is 0 Å². The zero-order valence-corrected chi connectivity index (χ0v) is 15.0. The van der Waals surface area contributed by atoms with Crippen LogP contribution >= 0.6 is 0 Å². The maximum absolute atomic E-state index is 12.0. The molecule has 7 heteroatoms. The Labute approximate surface area is 153 Å². The van der Waals surface area contributed by atoms with Crippen LogP contribution < -0.4 is 19.7 Å². The third kappa shape index (κ3) is 4.84. The fourth-order valence-electron chi connectivity index (χ4n) is 2.88. The van der Waals surface area contributed by atoms with Gasteiger partial charge in [0.1, 0.15) is 11.6 Å². The molecule has 0 unspecified atom stereocenters. The van der Waals surface area contributed by atoms with E-state index in [2.05, 4.69) is 20.2 Å². The van der Waals surface area contributed by atoms with Gasteiger partial charge in [-0.2, -0.15) is 0 Å². The second kappa shape index (κ2) is 9.03. The summed E-state index contributed by atoms with van der Waals surface area (Å²) in [4.78, 5) is 23.1. The molecule has 26 heavy (non-hydrogen) atoms. The molecule has 0 saturated carbocycles. The fraction of sp³-hybridized carbons (Fsp3) is 0.421. The van der Waals surface area contributed by atoms with Gasteiger partial charge in [-0.25, -0.2) is 9.97 Å². The molecule has 1 aromatic carbocycles. The number of aromatic nitrogens is 2. The van der Waals surface area contributed by atoms with Crippen molar-refractivity contribution in [2.75, 3.05) is 31.7 Å². The van der Waals surface area contributed by atoms with Crippen LogP contribution in [-0.4, -0.2) is 42.7 Å². The van der Waals surface area contributed by atoms with Crippen LogP contribution in [0.5, 0.6) is 11.5 Å². The number of carbonyl (C=O) groups is 1. The molecule has 1 aliphatic heterocycles. The van der Waals surface area contributed by atoms with Gasteiger partial charge < -0.3 is 19.7 Å². The van der Waals surface area contributed by atoms with Crippen LogP contribution in [0.25, 0.3) is 0 Å². The highest BCUT2D eigenvalue weighted by Gasteiger charge is 2.13. The van der Waals surface area contributed by atoms with Crippen molar-refractivity contribution in [1.82, 2.24) is 15.3 Å². The lowest BCUT2D eigenvalue weighted by Crippen LogP contribution is -2.31. The topological polar surface area (TPSA) is 76.6 Å². The Kier molecular flexibility index (Phi) is 6.24. The molecule has 0 aliphatic carbocycles. The van der Waals surface area contributed by atoms with Gasteiger partial charge in [-0.05, 0) is 37.5 Å². The highest BCUT2D eigenvalue weighted by atomic mass is 16.5. The Morgan fingerprint density at radius 3 is 2.69 bits per heavy atom. The molecule has 7 nitrogen and oxygen atoms in total. The van der Waals surface area contributed by atoms with Crippen molar-refractivity contribution in [3.8, 4) is 11.5 Å². The van der Waals surface area contributed by atoms with Crippen molar-refractivity contribution in [3.63, 3.8) is 0 Å². The summed E-state index contributed by atoms with van der Waals surface area (Å²) in [7, 11) is 1.56. The summed E-state index contributed by atoms with van der Waals surface area (Å²) in [6.07, 6.45) is 5.40. The number of nitrogens with one attached hydrogen (secondary N) is 1. The van der Waals surface area contributed by atoms with Crippen LogP contribution in [0, 0.1) is 0 Å². The molecule has 1 aliphatic rings. The Morgan fingerprint density at radius 1 is 1.15 bits per heavy atom. The first-order valence-electron chi connectivity index (χ1n) is 8.85. The lowest BCUT2D eigenvalue weighted by molar-refractivity contribution is -0.123. The molecule has 0 radical (unpaired) electrons. The zero-order valence-electron chi connectivity index (χ0n) is 15.0. The molecule has 0 spiro atoms. The Hall–Kier alpha value is -2.83. The molecule has 1 N–H and O–H groups in total. The third-order valence-electron chi connectivity index (χ3n) is 4.24. The predicted molar refractivity (Wildman–Crippen MR) is 98.4 cm³/mol. The van der Waals surface area contributed by atoms with Crippen molar-refractivity contribution in [2.45, 2.75) is 25.8 Å². The molecule has 0 bridgehead atoms. The highest BCUT2D eigenvalue weighted by Crippen LogP contribution is 2.25. The molecular weight excluding hydrogens is 332 g/mol. The summed E-state index contributed by atoms with van der Waals surface area (Å²) in [6, 6.07) is 9.14. The SMILES string of the molecule is COc1ccccc1OCC(=O)NCc1nccc(N2CCCCC2)n1. The van der Waals surface area contributed by atoms with Crippen molar-refractivity contribution < 1.29 is 14.3 Å². The second-order valence-electron chi connectivity index (χ2n) is 6.10. The number of rotatable bonds is 7. The van der Waals surface area contributed by atoms with Crippen molar-refractivity contribution in [2.24, 2.45) is 0 Å². The predicted octanol–water partition coefficient (Wildman–Crippen LogP) is 2.17. The standard InChI is InChI=1S/C19H24N4O3/c1-25-15-7-3-4-8-16(15)26-14-19(24)21-13-17-20-10-9-18(22-17)23-11-5-2-6-12-23/h3-4,7-10H,2,5-6,11-14H2,1H3,(H,21,24). The molecule has 2 heterocycles. The fourth-order valence-corrected chi connectivity index (χ4v) is 2.88. The number of amides is 1. The number of para-hydroxylation sites is 2. The van der Waals surface area contributed by atoms with Gasteiger partial charge in [-0.1, -0.05) is 12.1 Å². The maximum Gasteiger partial charge on any atom is 0.258 e. The van der Waals surface area contributed by atoms with Gasteiger partial charge in [0, 0.05) is 19.3 Å². The molecule has 138 valence electrons. The first-order chi connectivity index (χ1) is 12.8. The van der Waals surface area contributed by atoms with E-state index in [9.17, 15) is 4.79 Å². The van der Waals surface area contributed by atoms with E-state index in [1.54, 1.807) is 25.4 Å². The van der Waals surface area contributed by atoms with E-state index in [1.165, 1.54) is 19.3 Å². The second-order valence-corrected chi connectivity index (χ2v) is 6.10. The Bertz CT molecular complexity index is 732. The van der Waals surface area contributed by atoms with E-state index in [1.807, 2.05) is 18.2 Å². The molecule has 0 atom stereocenters. The van der Waals surface area contributed by atoms with E-state index in [0.717, 1.165) is 18.9 Å². The van der Waals surface area contributed by atoms with Crippen LogP contribution in [0.3, 0.4) is 0 Å². The van der Waals surface area contributed by atoms with Gasteiger partial charge in [0.25, 0.3) is 5.91 Å². The minimum atomic E-state index is -0.233. The number of nitrogens with zero attached hydrogens (tertiary/aromatic N) is 3. The number of methoxy groups -OCH3 is 1. The maximum atomic E-state index is 12.0. The van der Waals surface area contributed by atoms with Crippen LogP contribution in [0.1, 0.15) is 25.1 Å². The smallest absolute Gasteiger partial charge is 0.258 e. The average Bonchev–Trinajstić information content (AvgIpc) is 2.71. The average molecular weight is 356 g/mol. The number of hydrogen-bond acceptors (Lipinski definition) is 6. The van der Waals surface area contributed by atoms with Gasteiger partial charge in [0.15, 0.2) is 18.1 Å². The lowest BCUT2D eigenvalue weighted by atomic mass is 10.1. The van der Waals surface area contributed by atoms with Crippen LogP contribution in [0.4, 0.5) is 5.82 Å². The van der Waals surface area contributed by atoms with Crippen LogP contribution in [-0.2, 0) is 11.3 Å². The molecule has 1 fully saturated rings. The number of hydrogen-bond donors (Lipinski definition) is 1. The number of ether oxygens (including phenoxy) is 2. The van der Waals surface area contributed by atoms with E-state index in [4.69, 9.17) is 9.47 Å². The van der Waals surface area contributed by atoms with E-state index >= 15 is 0 Å². The van der Waals surface area contributed by atoms with E-state index < -0.39 is 0 Å². The number of benzene rings is 1. The monoisotopic (exact) mass is 356 g/mol. The highest BCUT2D eigenvalue weighted by molar-refractivity contribution is 5.77. The quantitative estimate of drug-likeness (QED) is 0.819. The van der Waals surface area contributed by atoms with Crippen LogP contribution in [0.2, 0.25) is 0 Å². The molecule has 2 aromatic rings. The summed E-state index contributed by atoms with van der Waals surface area (Å²) in [5.74, 6) is 2.42. The summed E-state index contributed by atoms with van der Waals surface area (Å²) >= 11 is 0.